The normalized spacial score (nSPS) is 13.3. The molecule has 0 heterocycles. The molecule has 1 aromatic rings. The van der Waals surface area contributed by atoms with Crippen molar-refractivity contribution in [1.29, 1.82) is 0 Å². The van der Waals surface area contributed by atoms with Crippen LogP contribution in [0.25, 0.3) is 0 Å². The molecule has 0 spiro atoms. The molecule has 19 heavy (non-hydrogen) atoms. The van der Waals surface area contributed by atoms with Gasteiger partial charge >= 0.3 is 0 Å². The number of ether oxygens (including phenoxy) is 1. The van der Waals surface area contributed by atoms with E-state index >= 15 is 0 Å². The second-order valence-corrected chi connectivity index (χ2v) is 7.37. The molecule has 1 rings (SSSR count). The van der Waals surface area contributed by atoms with Crippen LogP contribution in [0.15, 0.2) is 18.2 Å². The summed E-state index contributed by atoms with van der Waals surface area (Å²) in [5, 5.41) is 3.45. The highest BCUT2D eigenvalue weighted by Crippen LogP contribution is 2.22. The molecule has 4 heteroatoms. The summed E-state index contributed by atoms with van der Waals surface area (Å²) >= 11 is 0. The second-order valence-electron chi connectivity index (χ2n) is 5.62. The highest BCUT2D eigenvalue weighted by Gasteiger charge is 2.11. The molecule has 0 aliphatic heterocycles. The lowest BCUT2D eigenvalue weighted by atomic mass is 10.1. The van der Waals surface area contributed by atoms with Gasteiger partial charge in [0.05, 0.1) is 12.9 Å². The summed E-state index contributed by atoms with van der Waals surface area (Å²) < 4.78 is 17.1. The van der Waals surface area contributed by atoms with Crippen molar-refractivity contribution >= 4 is 10.8 Å². The molecule has 0 bridgehead atoms. The van der Waals surface area contributed by atoms with Crippen molar-refractivity contribution in [2.24, 2.45) is 0 Å². The zero-order valence-corrected chi connectivity index (χ0v) is 13.4. The predicted molar refractivity (Wildman–Crippen MR) is 82.0 cm³/mol. The molecule has 0 fully saturated rings. The Bertz CT molecular complexity index is 438. The topological polar surface area (TPSA) is 38.3 Å². The number of nitrogens with one attached hydrogen (secondary N) is 1. The lowest BCUT2D eigenvalue weighted by Gasteiger charge is -2.21. The van der Waals surface area contributed by atoms with Crippen molar-refractivity contribution in [2.75, 3.05) is 12.9 Å². The summed E-state index contributed by atoms with van der Waals surface area (Å²) in [4.78, 5) is 0. The Balaban J connectivity index is 2.85. The monoisotopic (exact) mass is 283 g/mol. The lowest BCUT2D eigenvalue weighted by molar-refractivity contribution is 0.409. The fourth-order valence-corrected chi connectivity index (χ4v) is 2.47. The van der Waals surface area contributed by atoms with Crippen LogP contribution in [0, 0.1) is 0 Å². The third-order valence-corrected chi connectivity index (χ3v) is 4.08. The van der Waals surface area contributed by atoms with Crippen LogP contribution >= 0.6 is 0 Å². The molecule has 0 aliphatic rings. The summed E-state index contributed by atoms with van der Waals surface area (Å²) in [6.45, 7) is 9.17. The first-order valence-electron chi connectivity index (χ1n) is 6.61. The van der Waals surface area contributed by atoms with E-state index in [1.807, 2.05) is 13.0 Å². The summed E-state index contributed by atoms with van der Waals surface area (Å²) in [6, 6.07) is 6.10. The van der Waals surface area contributed by atoms with Crippen LogP contribution in [0.5, 0.6) is 5.75 Å². The van der Waals surface area contributed by atoms with E-state index in [0.29, 0.717) is 11.5 Å². The Morgan fingerprint density at radius 1 is 1.32 bits per heavy atom. The van der Waals surface area contributed by atoms with Gasteiger partial charge in [0.25, 0.3) is 0 Å². The first-order valence-corrected chi connectivity index (χ1v) is 8.10. The minimum absolute atomic E-state index is 0.0896. The van der Waals surface area contributed by atoms with Gasteiger partial charge in [-0.25, -0.2) is 0 Å². The van der Waals surface area contributed by atoms with E-state index in [0.717, 1.165) is 17.9 Å². The average Bonchev–Trinajstić information content (AvgIpc) is 2.35. The Hall–Kier alpha value is -0.870. The van der Waals surface area contributed by atoms with Gasteiger partial charge in [0.15, 0.2) is 0 Å². The Morgan fingerprint density at radius 2 is 2.00 bits per heavy atom. The predicted octanol–water partition coefficient (Wildman–Crippen LogP) is 2.85. The zero-order valence-electron chi connectivity index (χ0n) is 12.6. The fraction of sp³-hybridized carbons (Fsp3) is 0.600. The molecule has 0 amide bonds. The largest absolute Gasteiger partial charge is 0.496 e. The Labute approximate surface area is 119 Å². The summed E-state index contributed by atoms with van der Waals surface area (Å²) in [6.07, 6.45) is 0. The summed E-state index contributed by atoms with van der Waals surface area (Å²) in [5.41, 5.74) is 2.31. The van der Waals surface area contributed by atoms with Gasteiger partial charge in [0.1, 0.15) is 5.75 Å². The fourth-order valence-electron chi connectivity index (χ4n) is 1.70. The highest BCUT2D eigenvalue weighted by atomic mass is 32.2. The molecule has 0 saturated carbocycles. The van der Waals surface area contributed by atoms with Crippen LogP contribution in [0.2, 0.25) is 0 Å². The molecular weight excluding hydrogens is 258 g/mol. The van der Waals surface area contributed by atoms with Gasteiger partial charge < -0.3 is 10.1 Å². The standard InChI is InChI=1S/C15H25NO2S/c1-6-19(17)11-13-9-12(7-8-14(13)18-5)10-16-15(2,3)4/h7-9,16H,6,10-11H2,1-5H3. The van der Waals surface area contributed by atoms with Crippen LogP contribution in [0.4, 0.5) is 0 Å². The quantitative estimate of drug-likeness (QED) is 0.872. The maximum atomic E-state index is 11.7. The van der Waals surface area contributed by atoms with E-state index in [4.69, 9.17) is 4.74 Å². The summed E-state index contributed by atoms with van der Waals surface area (Å²) in [7, 11) is 0.834. The van der Waals surface area contributed by atoms with E-state index in [1.165, 1.54) is 5.56 Å². The van der Waals surface area contributed by atoms with E-state index in [2.05, 4.69) is 38.2 Å². The van der Waals surface area contributed by atoms with Gasteiger partial charge in [-0.1, -0.05) is 13.0 Å². The molecule has 1 N–H and O–H groups in total. The first-order chi connectivity index (χ1) is 8.85. The van der Waals surface area contributed by atoms with Gasteiger partial charge in [0, 0.05) is 34.2 Å². The Kier molecular flexibility index (Phi) is 6.01. The van der Waals surface area contributed by atoms with Crippen LogP contribution in [0.3, 0.4) is 0 Å². The molecule has 108 valence electrons. The number of methoxy groups -OCH3 is 1. The Morgan fingerprint density at radius 3 is 2.53 bits per heavy atom. The van der Waals surface area contributed by atoms with Gasteiger partial charge in [-0.3, -0.25) is 4.21 Å². The number of hydrogen-bond acceptors (Lipinski definition) is 3. The highest BCUT2D eigenvalue weighted by molar-refractivity contribution is 7.84. The van der Waals surface area contributed by atoms with E-state index in [9.17, 15) is 4.21 Å². The molecule has 3 nitrogen and oxygen atoms in total. The van der Waals surface area contributed by atoms with Crippen LogP contribution in [-0.4, -0.2) is 22.6 Å². The molecule has 0 aromatic heterocycles. The minimum Gasteiger partial charge on any atom is -0.496 e. The average molecular weight is 283 g/mol. The molecule has 1 atom stereocenters. The van der Waals surface area contributed by atoms with Crippen molar-refractivity contribution in [3.63, 3.8) is 0 Å². The summed E-state index contributed by atoms with van der Waals surface area (Å²) in [5.74, 6) is 2.05. The first kappa shape index (κ1) is 16.2. The lowest BCUT2D eigenvalue weighted by Crippen LogP contribution is -2.35. The van der Waals surface area contributed by atoms with Crippen LogP contribution < -0.4 is 10.1 Å². The SMILES string of the molecule is CCS(=O)Cc1cc(CNC(C)(C)C)ccc1OC. The van der Waals surface area contributed by atoms with E-state index in [1.54, 1.807) is 7.11 Å². The van der Waals surface area contributed by atoms with Gasteiger partial charge in [-0.05, 0) is 38.5 Å². The number of hydrogen-bond donors (Lipinski definition) is 1. The van der Waals surface area contributed by atoms with Crippen molar-refractivity contribution in [1.82, 2.24) is 5.32 Å². The van der Waals surface area contributed by atoms with Crippen molar-refractivity contribution < 1.29 is 8.95 Å². The minimum atomic E-state index is -0.820. The smallest absolute Gasteiger partial charge is 0.123 e. The second kappa shape index (κ2) is 7.06. The number of rotatable bonds is 6. The molecule has 1 unspecified atom stereocenters. The van der Waals surface area contributed by atoms with E-state index in [-0.39, 0.29) is 5.54 Å². The van der Waals surface area contributed by atoms with Crippen LogP contribution in [-0.2, 0) is 23.1 Å². The molecule has 0 saturated heterocycles. The third-order valence-electron chi connectivity index (χ3n) is 2.81. The molecule has 0 radical (unpaired) electrons. The van der Waals surface area contributed by atoms with Gasteiger partial charge in [0.2, 0.25) is 0 Å². The zero-order chi connectivity index (χ0) is 14.5. The molecular formula is C15H25NO2S. The third kappa shape index (κ3) is 5.74. The van der Waals surface area contributed by atoms with Crippen LogP contribution in [0.1, 0.15) is 38.8 Å². The maximum Gasteiger partial charge on any atom is 0.123 e. The van der Waals surface area contributed by atoms with E-state index < -0.39 is 10.8 Å². The maximum absolute atomic E-state index is 11.7. The molecule has 1 aromatic carbocycles. The van der Waals surface area contributed by atoms with Gasteiger partial charge in [-0.15, -0.1) is 0 Å². The molecule has 0 aliphatic carbocycles. The van der Waals surface area contributed by atoms with Gasteiger partial charge in [-0.2, -0.15) is 0 Å². The number of benzene rings is 1. The van der Waals surface area contributed by atoms with Crippen molar-refractivity contribution in [3.05, 3.63) is 29.3 Å². The van der Waals surface area contributed by atoms with Crippen molar-refractivity contribution in [2.45, 2.75) is 45.5 Å². The van der Waals surface area contributed by atoms with Crippen molar-refractivity contribution in [3.8, 4) is 5.75 Å².